The Hall–Kier alpha value is -3.69. The van der Waals surface area contributed by atoms with E-state index in [1.54, 1.807) is 23.7 Å². The fraction of sp³-hybridized carbons (Fsp3) is 0.316. The van der Waals surface area contributed by atoms with E-state index in [-0.39, 0.29) is 36.6 Å². The Bertz CT molecular complexity index is 977. The monoisotopic (exact) mass is 399 g/mol. The van der Waals surface area contributed by atoms with E-state index in [9.17, 15) is 14.4 Å². The van der Waals surface area contributed by atoms with E-state index in [1.807, 2.05) is 19.9 Å². The third-order valence-corrected chi connectivity index (χ3v) is 4.13. The van der Waals surface area contributed by atoms with Crippen LogP contribution in [0.5, 0.6) is 0 Å². The van der Waals surface area contributed by atoms with E-state index in [1.165, 1.54) is 6.20 Å². The zero-order valence-corrected chi connectivity index (χ0v) is 16.3. The van der Waals surface area contributed by atoms with Crippen molar-refractivity contribution in [2.45, 2.75) is 20.8 Å². The van der Waals surface area contributed by atoms with Crippen molar-refractivity contribution < 1.29 is 23.9 Å². The Morgan fingerprint density at radius 2 is 2.00 bits per heavy atom. The number of rotatable bonds is 6. The van der Waals surface area contributed by atoms with Gasteiger partial charge in [0.1, 0.15) is 6.61 Å². The van der Waals surface area contributed by atoms with Crippen molar-refractivity contribution in [3.8, 4) is 5.82 Å². The number of pyridine rings is 1. The number of aromatic nitrogens is 3. The lowest BCUT2D eigenvalue weighted by molar-refractivity contribution is -0.138. The maximum atomic E-state index is 12.3. The number of ether oxygens (including phenoxy) is 2. The Morgan fingerprint density at radius 3 is 2.62 bits per heavy atom. The summed E-state index contributed by atoms with van der Waals surface area (Å²) in [5.41, 5.74) is 2.41. The fourth-order valence-corrected chi connectivity index (χ4v) is 2.78. The van der Waals surface area contributed by atoms with Gasteiger partial charge in [-0.2, -0.15) is 5.10 Å². The number of nitrogens with one attached hydrogen (secondary N) is 2. The molecule has 2 amide bonds. The maximum absolute atomic E-state index is 12.3. The molecule has 0 aliphatic carbocycles. The molecule has 0 saturated heterocycles. The number of hydrogen-bond acceptors (Lipinski definition) is 7. The zero-order chi connectivity index (χ0) is 21.0. The van der Waals surface area contributed by atoms with Gasteiger partial charge in [-0.15, -0.1) is 0 Å². The molecule has 0 aromatic carbocycles. The molecule has 2 N–H and O–H groups in total. The second-order valence-electron chi connectivity index (χ2n) is 6.31. The van der Waals surface area contributed by atoms with E-state index in [4.69, 9.17) is 9.47 Å². The number of carbonyl (C=O) groups is 3. The summed E-state index contributed by atoms with van der Waals surface area (Å²) in [5, 5.41) is 9.30. The first-order valence-corrected chi connectivity index (χ1v) is 9.00. The normalized spacial score (nSPS) is 13.6. The number of hydrogen-bond donors (Lipinski definition) is 2. The molecule has 152 valence electrons. The Kier molecular flexibility index (Phi) is 5.91. The molecule has 2 aromatic rings. The average Bonchev–Trinajstić information content (AvgIpc) is 3.04. The Labute approximate surface area is 166 Å². The standard InChI is InChI=1S/C19H21N5O5/c1-4-28-18(26)14-9-21-19(27)22-15(14)10-29-17(25)13-5-6-16(20-8-13)24-12(3)7-11(2)23-24/h5-8H,4,9-10H2,1-3H3,(H2,21,22,27). The highest BCUT2D eigenvalue weighted by Gasteiger charge is 2.24. The molecule has 0 radical (unpaired) electrons. The summed E-state index contributed by atoms with van der Waals surface area (Å²) in [6.07, 6.45) is 1.38. The van der Waals surface area contributed by atoms with E-state index < -0.39 is 18.0 Å². The second kappa shape index (κ2) is 8.55. The predicted molar refractivity (Wildman–Crippen MR) is 101 cm³/mol. The van der Waals surface area contributed by atoms with Gasteiger partial charge in [0.25, 0.3) is 0 Å². The molecule has 0 bridgehead atoms. The molecule has 0 unspecified atom stereocenters. The topological polar surface area (TPSA) is 124 Å². The number of carbonyl (C=O) groups excluding carboxylic acids is 3. The van der Waals surface area contributed by atoms with Gasteiger partial charge < -0.3 is 20.1 Å². The van der Waals surface area contributed by atoms with Crippen molar-refractivity contribution in [1.29, 1.82) is 0 Å². The van der Waals surface area contributed by atoms with E-state index in [2.05, 4.69) is 20.7 Å². The zero-order valence-electron chi connectivity index (χ0n) is 16.3. The first kappa shape index (κ1) is 20.1. The minimum absolute atomic E-state index is 0.00353. The van der Waals surface area contributed by atoms with Crippen molar-refractivity contribution in [1.82, 2.24) is 25.4 Å². The van der Waals surface area contributed by atoms with Crippen LogP contribution in [0.15, 0.2) is 35.7 Å². The lowest BCUT2D eigenvalue weighted by Crippen LogP contribution is -2.45. The van der Waals surface area contributed by atoms with Crippen LogP contribution in [0.3, 0.4) is 0 Å². The van der Waals surface area contributed by atoms with Crippen molar-refractivity contribution in [3.05, 3.63) is 52.6 Å². The molecule has 1 aliphatic rings. The van der Waals surface area contributed by atoms with Crippen LogP contribution in [0.4, 0.5) is 4.79 Å². The minimum atomic E-state index is -0.638. The van der Waals surface area contributed by atoms with Crippen molar-refractivity contribution >= 4 is 18.0 Å². The van der Waals surface area contributed by atoms with Crippen molar-refractivity contribution in [2.24, 2.45) is 0 Å². The van der Waals surface area contributed by atoms with Crippen LogP contribution in [-0.4, -0.2) is 52.5 Å². The molecule has 0 atom stereocenters. The number of amides is 2. The van der Waals surface area contributed by atoms with Crippen LogP contribution in [0.2, 0.25) is 0 Å². The van der Waals surface area contributed by atoms with Crippen LogP contribution < -0.4 is 10.6 Å². The summed E-state index contributed by atoms with van der Waals surface area (Å²) >= 11 is 0. The first-order valence-electron chi connectivity index (χ1n) is 9.00. The summed E-state index contributed by atoms with van der Waals surface area (Å²) in [6, 6.07) is 4.67. The lowest BCUT2D eigenvalue weighted by atomic mass is 10.1. The summed E-state index contributed by atoms with van der Waals surface area (Å²) in [7, 11) is 0. The molecule has 0 spiro atoms. The largest absolute Gasteiger partial charge is 0.463 e. The van der Waals surface area contributed by atoms with Gasteiger partial charge in [0, 0.05) is 11.9 Å². The summed E-state index contributed by atoms with van der Waals surface area (Å²) in [5.74, 6) is -0.645. The number of nitrogens with zero attached hydrogens (tertiary/aromatic N) is 3. The smallest absolute Gasteiger partial charge is 0.340 e. The fourth-order valence-electron chi connectivity index (χ4n) is 2.78. The number of aryl methyl sites for hydroxylation is 2. The van der Waals surface area contributed by atoms with Gasteiger partial charge >= 0.3 is 18.0 Å². The minimum Gasteiger partial charge on any atom is -0.463 e. The van der Waals surface area contributed by atoms with Crippen molar-refractivity contribution in [2.75, 3.05) is 19.8 Å². The molecule has 3 heterocycles. The Balaban J connectivity index is 1.70. The van der Waals surface area contributed by atoms with Crippen LogP contribution in [0.25, 0.3) is 5.82 Å². The van der Waals surface area contributed by atoms with E-state index in [0.29, 0.717) is 5.82 Å². The van der Waals surface area contributed by atoms with Gasteiger partial charge in [-0.25, -0.2) is 24.0 Å². The molecule has 29 heavy (non-hydrogen) atoms. The summed E-state index contributed by atoms with van der Waals surface area (Å²) in [6.45, 7) is 5.38. The van der Waals surface area contributed by atoms with Gasteiger partial charge in [0.05, 0.1) is 35.7 Å². The molecule has 0 fully saturated rings. The van der Waals surface area contributed by atoms with Crippen molar-refractivity contribution in [3.63, 3.8) is 0 Å². The maximum Gasteiger partial charge on any atom is 0.340 e. The molecular weight excluding hydrogens is 378 g/mol. The highest BCUT2D eigenvalue weighted by Crippen LogP contribution is 2.13. The Morgan fingerprint density at radius 1 is 1.21 bits per heavy atom. The van der Waals surface area contributed by atoms with Crippen LogP contribution in [0.1, 0.15) is 28.7 Å². The molecular formula is C19H21N5O5. The molecule has 1 aliphatic heterocycles. The van der Waals surface area contributed by atoms with E-state index in [0.717, 1.165) is 11.4 Å². The lowest BCUT2D eigenvalue weighted by Gasteiger charge is -2.21. The van der Waals surface area contributed by atoms with Gasteiger partial charge in [0.15, 0.2) is 5.82 Å². The number of esters is 2. The SMILES string of the molecule is CCOC(=O)C1=C(COC(=O)c2ccc(-n3nc(C)cc3C)nc2)NC(=O)NC1. The van der Waals surface area contributed by atoms with Gasteiger partial charge in [0.2, 0.25) is 0 Å². The summed E-state index contributed by atoms with van der Waals surface area (Å²) < 4.78 is 11.9. The van der Waals surface area contributed by atoms with Gasteiger partial charge in [-0.1, -0.05) is 0 Å². The molecule has 3 rings (SSSR count). The number of urea groups is 1. The van der Waals surface area contributed by atoms with Gasteiger partial charge in [-0.05, 0) is 39.0 Å². The van der Waals surface area contributed by atoms with Crippen LogP contribution in [0, 0.1) is 13.8 Å². The molecule has 10 heteroatoms. The first-order chi connectivity index (χ1) is 13.9. The molecule has 2 aromatic heterocycles. The van der Waals surface area contributed by atoms with Gasteiger partial charge in [-0.3, -0.25) is 0 Å². The molecule has 10 nitrogen and oxygen atoms in total. The quantitative estimate of drug-likeness (QED) is 0.699. The average molecular weight is 399 g/mol. The highest BCUT2D eigenvalue weighted by atomic mass is 16.5. The van der Waals surface area contributed by atoms with Crippen LogP contribution >= 0.6 is 0 Å². The second-order valence-corrected chi connectivity index (χ2v) is 6.31. The summed E-state index contributed by atoms with van der Waals surface area (Å²) in [4.78, 5) is 40.1. The molecule has 0 saturated carbocycles. The highest BCUT2D eigenvalue weighted by molar-refractivity contribution is 5.94. The third kappa shape index (κ3) is 4.60. The predicted octanol–water partition coefficient (Wildman–Crippen LogP) is 1.17. The van der Waals surface area contributed by atoms with E-state index >= 15 is 0 Å². The third-order valence-electron chi connectivity index (χ3n) is 4.13. The van der Waals surface area contributed by atoms with Crippen LogP contribution in [-0.2, 0) is 14.3 Å².